The quantitative estimate of drug-likeness (QED) is 0.100. The van der Waals surface area contributed by atoms with Gasteiger partial charge in [0.15, 0.2) is 12.4 Å². The molecule has 1 aliphatic heterocycles. The van der Waals surface area contributed by atoms with Crippen LogP contribution in [0.3, 0.4) is 0 Å². The molecule has 0 atom stereocenters. The lowest BCUT2D eigenvalue weighted by Crippen LogP contribution is -2.26. The predicted molar refractivity (Wildman–Crippen MR) is 189 cm³/mol. The molecule has 1 aliphatic rings. The van der Waals surface area contributed by atoms with Gasteiger partial charge in [-0.1, -0.05) is 76.2 Å². The molecule has 0 saturated carbocycles. The van der Waals surface area contributed by atoms with Crippen molar-refractivity contribution < 1.29 is 4.57 Å². The van der Waals surface area contributed by atoms with Crippen LogP contribution in [0, 0.1) is 0 Å². The van der Waals surface area contributed by atoms with Gasteiger partial charge in [-0.15, -0.1) is 0 Å². The van der Waals surface area contributed by atoms with Gasteiger partial charge < -0.3 is 14.7 Å². The minimum absolute atomic E-state index is 0.967. The maximum Gasteiger partial charge on any atom is 0.169 e. The highest BCUT2D eigenvalue weighted by molar-refractivity contribution is 8.76. The number of anilines is 2. The molecule has 0 unspecified atom stereocenters. The second-order valence-corrected chi connectivity index (χ2v) is 13.1. The first-order chi connectivity index (χ1) is 20.5. The van der Waals surface area contributed by atoms with Crippen LogP contribution in [0.15, 0.2) is 103 Å². The van der Waals surface area contributed by atoms with Crippen LogP contribution in [-0.4, -0.2) is 56.2 Å². The van der Waals surface area contributed by atoms with Gasteiger partial charge in [-0.05, 0) is 72.7 Å². The van der Waals surface area contributed by atoms with Crippen LogP contribution in [0.1, 0.15) is 30.5 Å². The summed E-state index contributed by atoms with van der Waals surface area (Å²) in [5.41, 5.74) is 7.53. The Hall–Kier alpha value is -3.35. The first-order valence-corrected chi connectivity index (χ1v) is 17.4. The molecule has 4 rings (SSSR count). The Morgan fingerprint density at radius 2 is 1.19 bits per heavy atom. The first kappa shape index (κ1) is 31.6. The Morgan fingerprint density at radius 3 is 1.64 bits per heavy atom. The minimum atomic E-state index is 0.967. The lowest BCUT2D eigenvalue weighted by Gasteiger charge is -2.24. The molecule has 0 spiro atoms. The molecule has 2 heterocycles. The lowest BCUT2D eigenvalue weighted by atomic mass is 10.1. The van der Waals surface area contributed by atoms with Crippen molar-refractivity contribution in [3.8, 4) is 0 Å². The van der Waals surface area contributed by atoms with Crippen molar-refractivity contribution >= 4 is 51.2 Å². The fourth-order valence-corrected chi connectivity index (χ4v) is 6.65. The van der Waals surface area contributed by atoms with Gasteiger partial charge >= 0.3 is 0 Å². The van der Waals surface area contributed by atoms with E-state index in [2.05, 4.69) is 156 Å². The highest BCUT2D eigenvalue weighted by Crippen LogP contribution is 2.25. The lowest BCUT2D eigenvalue weighted by molar-refractivity contribution is -0.671. The number of hydrogen-bond donors (Lipinski definition) is 0. The first-order valence-electron chi connectivity index (χ1n) is 14.9. The number of nitrogens with zero attached hydrogens (tertiary/aromatic N) is 4. The highest BCUT2D eigenvalue weighted by Gasteiger charge is 2.07. The Labute approximate surface area is 261 Å². The zero-order valence-electron chi connectivity index (χ0n) is 25.5. The number of aromatic nitrogens is 1. The molecule has 2 aromatic carbocycles. The molecular formula is C36H45N4S2+. The Bertz CT molecular complexity index is 1340. The van der Waals surface area contributed by atoms with Crippen molar-refractivity contribution in [2.24, 2.45) is 7.05 Å². The SMILES string of the molecule is CCN(CCSSCCN(CC)c1ccc(/C=C/c2cc[n+](C)cc2)cc1)c1ccc(/C=C/C2=CCN(C)C=C2)cc1. The Morgan fingerprint density at radius 1 is 0.714 bits per heavy atom. The molecule has 0 bridgehead atoms. The zero-order valence-corrected chi connectivity index (χ0v) is 27.2. The number of pyridine rings is 1. The van der Waals surface area contributed by atoms with Crippen molar-refractivity contribution in [1.82, 2.24) is 4.90 Å². The van der Waals surface area contributed by atoms with Gasteiger partial charge in [0.05, 0.1) is 0 Å². The van der Waals surface area contributed by atoms with Crippen molar-refractivity contribution in [3.05, 3.63) is 120 Å². The molecule has 42 heavy (non-hydrogen) atoms. The summed E-state index contributed by atoms with van der Waals surface area (Å²) < 4.78 is 2.05. The standard InChI is InChI=1S/C36H45N4S2/c1-5-39(35-15-11-31(12-16-35)7-9-33-19-23-37(3)24-20-33)27-29-41-42-30-28-40(6-2)36-17-13-32(14-18-36)8-10-34-21-25-38(4)26-22-34/h7-25H,5-6,26-30H2,1-4H3/q+1/b10-8+. The van der Waals surface area contributed by atoms with Crippen LogP contribution in [0.2, 0.25) is 0 Å². The average molecular weight is 598 g/mol. The van der Waals surface area contributed by atoms with E-state index in [9.17, 15) is 0 Å². The molecule has 0 N–H and O–H groups in total. The topological polar surface area (TPSA) is 13.6 Å². The number of likely N-dealkylation sites (N-methyl/N-ethyl adjacent to an activating group) is 1. The van der Waals surface area contributed by atoms with Crippen LogP contribution in [-0.2, 0) is 7.05 Å². The maximum absolute atomic E-state index is 2.47. The Kier molecular flexibility index (Phi) is 12.7. The molecular weight excluding hydrogens is 553 g/mol. The maximum atomic E-state index is 2.47. The van der Waals surface area contributed by atoms with Gasteiger partial charge in [0.1, 0.15) is 7.05 Å². The molecule has 220 valence electrons. The number of allylic oxidation sites excluding steroid dienone is 3. The third kappa shape index (κ3) is 10.2. The number of hydrogen-bond acceptors (Lipinski definition) is 5. The van der Waals surface area contributed by atoms with Crippen LogP contribution in [0.4, 0.5) is 11.4 Å². The molecule has 1 aromatic heterocycles. The average Bonchev–Trinajstić information content (AvgIpc) is 3.03. The monoisotopic (exact) mass is 597 g/mol. The second kappa shape index (κ2) is 16.9. The number of rotatable bonds is 15. The molecule has 0 fully saturated rings. The van der Waals surface area contributed by atoms with Gasteiger partial charge in [0, 0.05) is 74.8 Å². The molecule has 6 heteroatoms. The Balaban J connectivity index is 1.16. The van der Waals surface area contributed by atoms with Gasteiger partial charge in [0.2, 0.25) is 0 Å². The smallest absolute Gasteiger partial charge is 0.169 e. The third-order valence-corrected chi connectivity index (χ3v) is 9.69. The van der Waals surface area contributed by atoms with E-state index in [1.165, 1.54) is 33.6 Å². The summed E-state index contributed by atoms with van der Waals surface area (Å²) in [6.45, 7) is 9.60. The molecule has 0 radical (unpaired) electrons. The van der Waals surface area contributed by atoms with E-state index in [4.69, 9.17) is 0 Å². The van der Waals surface area contributed by atoms with Gasteiger partial charge in [-0.2, -0.15) is 0 Å². The second-order valence-electron chi connectivity index (χ2n) is 10.4. The fraction of sp³-hybridized carbons (Fsp3) is 0.306. The van der Waals surface area contributed by atoms with Crippen LogP contribution in [0.5, 0.6) is 0 Å². The van der Waals surface area contributed by atoms with Crippen molar-refractivity contribution in [2.75, 3.05) is 61.1 Å². The summed E-state index contributed by atoms with van der Waals surface area (Å²) in [4.78, 5) is 7.11. The van der Waals surface area contributed by atoms with Crippen LogP contribution < -0.4 is 14.4 Å². The predicted octanol–water partition coefficient (Wildman–Crippen LogP) is 7.81. The van der Waals surface area contributed by atoms with Crippen molar-refractivity contribution in [3.63, 3.8) is 0 Å². The summed E-state index contributed by atoms with van der Waals surface area (Å²) in [6.07, 6.45) is 19.4. The van der Waals surface area contributed by atoms with Gasteiger partial charge in [0.25, 0.3) is 0 Å². The molecule has 0 saturated heterocycles. The summed E-state index contributed by atoms with van der Waals surface area (Å²) in [5.74, 6) is 2.22. The zero-order chi connectivity index (χ0) is 29.6. The van der Waals surface area contributed by atoms with E-state index < -0.39 is 0 Å². The minimum Gasteiger partial charge on any atom is -0.377 e. The van der Waals surface area contributed by atoms with Crippen LogP contribution in [0.25, 0.3) is 18.2 Å². The molecule has 4 nitrogen and oxygen atoms in total. The van der Waals surface area contributed by atoms with E-state index in [1.54, 1.807) is 0 Å². The fourth-order valence-electron chi connectivity index (χ4n) is 4.67. The van der Waals surface area contributed by atoms with E-state index in [1.807, 2.05) is 28.6 Å². The third-order valence-electron chi connectivity index (χ3n) is 7.33. The summed E-state index contributed by atoms with van der Waals surface area (Å²) >= 11 is 0. The van der Waals surface area contributed by atoms with E-state index >= 15 is 0 Å². The van der Waals surface area contributed by atoms with Crippen LogP contribution >= 0.6 is 21.6 Å². The summed E-state index contributed by atoms with van der Waals surface area (Å²) in [5, 5.41) is 0. The molecule has 0 aliphatic carbocycles. The summed E-state index contributed by atoms with van der Waals surface area (Å²) in [6, 6.07) is 22.1. The van der Waals surface area contributed by atoms with Gasteiger partial charge in [-0.3, -0.25) is 0 Å². The molecule has 3 aromatic rings. The number of benzene rings is 2. The van der Waals surface area contributed by atoms with E-state index in [-0.39, 0.29) is 0 Å². The van der Waals surface area contributed by atoms with Crippen molar-refractivity contribution in [2.45, 2.75) is 13.8 Å². The number of aryl methyl sites for hydroxylation is 1. The normalized spacial score (nSPS) is 13.2. The van der Waals surface area contributed by atoms with E-state index in [0.717, 1.165) is 44.2 Å². The van der Waals surface area contributed by atoms with E-state index in [0.29, 0.717) is 0 Å². The van der Waals surface area contributed by atoms with Gasteiger partial charge in [-0.25, -0.2) is 4.57 Å². The van der Waals surface area contributed by atoms with Crippen molar-refractivity contribution in [1.29, 1.82) is 0 Å². The highest BCUT2D eigenvalue weighted by atomic mass is 33.1. The molecule has 0 amide bonds. The largest absolute Gasteiger partial charge is 0.377 e. The summed E-state index contributed by atoms with van der Waals surface area (Å²) in [7, 11) is 8.10.